The number of aliphatic imine (C=N–C) groups is 1. The molecular formula is C13H13N2O4S-. The van der Waals surface area contributed by atoms with E-state index in [4.69, 9.17) is 4.74 Å². The number of aliphatic carboxylic acids is 1. The maximum atomic E-state index is 11.5. The van der Waals surface area contributed by atoms with E-state index in [2.05, 4.69) is 10.3 Å². The summed E-state index contributed by atoms with van der Waals surface area (Å²) in [6, 6.07) is 7.08. The molecule has 106 valence electrons. The maximum Gasteiger partial charge on any atom is 0.239 e. The molecule has 1 aromatic carbocycles. The lowest BCUT2D eigenvalue weighted by Gasteiger charge is -2.04. The minimum atomic E-state index is -1.25. The summed E-state index contributed by atoms with van der Waals surface area (Å²) in [4.78, 5) is 26.3. The van der Waals surface area contributed by atoms with Crippen LogP contribution in [0.25, 0.3) is 0 Å². The number of ether oxygens (including phenoxy) is 1. The van der Waals surface area contributed by atoms with Crippen molar-refractivity contribution in [1.29, 1.82) is 0 Å². The molecular weight excluding hydrogens is 280 g/mol. The minimum Gasteiger partial charge on any atom is -0.550 e. The molecule has 1 aliphatic rings. The average molecular weight is 293 g/mol. The Kier molecular flexibility index (Phi) is 4.62. The molecule has 1 heterocycles. The van der Waals surface area contributed by atoms with E-state index in [0.29, 0.717) is 17.5 Å². The molecule has 0 aromatic heterocycles. The van der Waals surface area contributed by atoms with Crippen molar-refractivity contribution in [2.45, 2.75) is 18.6 Å². The van der Waals surface area contributed by atoms with Gasteiger partial charge in [-0.05, 0) is 31.2 Å². The molecule has 0 aliphatic carbocycles. The van der Waals surface area contributed by atoms with Crippen LogP contribution in [0.4, 0.5) is 5.69 Å². The van der Waals surface area contributed by atoms with Crippen molar-refractivity contribution in [2.24, 2.45) is 4.99 Å². The number of carboxylic acids is 1. The lowest BCUT2D eigenvalue weighted by molar-refractivity contribution is -0.305. The van der Waals surface area contributed by atoms with Crippen molar-refractivity contribution in [1.82, 2.24) is 5.32 Å². The first-order chi connectivity index (χ1) is 9.58. The Morgan fingerprint density at radius 3 is 2.75 bits per heavy atom. The predicted octanol–water partition coefficient (Wildman–Crippen LogP) is 0.444. The van der Waals surface area contributed by atoms with Crippen molar-refractivity contribution in [3.05, 3.63) is 24.3 Å². The predicted molar refractivity (Wildman–Crippen MR) is 73.9 cm³/mol. The average Bonchev–Trinajstić information content (AvgIpc) is 2.72. The number of carbonyl (C=O) groups excluding carboxylic acids is 2. The first-order valence-electron chi connectivity index (χ1n) is 6.07. The van der Waals surface area contributed by atoms with E-state index in [0.717, 1.165) is 17.5 Å². The fraction of sp³-hybridized carbons (Fsp3) is 0.308. The van der Waals surface area contributed by atoms with Crippen LogP contribution >= 0.6 is 11.8 Å². The third kappa shape index (κ3) is 3.74. The number of benzene rings is 1. The number of nitrogens with zero attached hydrogens (tertiary/aromatic N) is 1. The molecule has 0 saturated carbocycles. The van der Waals surface area contributed by atoms with Gasteiger partial charge in [-0.3, -0.25) is 4.79 Å². The SMILES string of the molecule is CCOc1ccc(N=C2NC(=O)[C@H](CC(=O)[O-])S2)cc1. The van der Waals surface area contributed by atoms with Crippen molar-refractivity contribution in [3.63, 3.8) is 0 Å². The van der Waals surface area contributed by atoms with Crippen LogP contribution < -0.4 is 15.2 Å². The normalized spacial score (nSPS) is 19.9. The third-order valence-corrected chi connectivity index (χ3v) is 3.59. The van der Waals surface area contributed by atoms with Gasteiger partial charge in [-0.25, -0.2) is 4.99 Å². The zero-order valence-electron chi connectivity index (χ0n) is 10.8. The number of carbonyl (C=O) groups is 2. The summed E-state index contributed by atoms with van der Waals surface area (Å²) >= 11 is 1.09. The zero-order valence-corrected chi connectivity index (χ0v) is 11.6. The highest BCUT2D eigenvalue weighted by atomic mass is 32.2. The molecule has 1 fully saturated rings. The number of amidine groups is 1. The van der Waals surface area contributed by atoms with Crippen LogP contribution in [-0.4, -0.2) is 28.9 Å². The molecule has 1 aliphatic heterocycles. The second kappa shape index (κ2) is 6.42. The number of thioether (sulfide) groups is 1. The van der Waals surface area contributed by atoms with Crippen molar-refractivity contribution in [3.8, 4) is 5.75 Å². The van der Waals surface area contributed by atoms with Gasteiger partial charge in [-0.2, -0.15) is 0 Å². The monoisotopic (exact) mass is 293 g/mol. The Labute approximate surface area is 120 Å². The molecule has 1 amide bonds. The highest BCUT2D eigenvalue weighted by Gasteiger charge is 2.30. The van der Waals surface area contributed by atoms with Crippen LogP contribution in [0.5, 0.6) is 5.75 Å². The van der Waals surface area contributed by atoms with Gasteiger partial charge in [0.1, 0.15) is 5.75 Å². The van der Waals surface area contributed by atoms with E-state index in [-0.39, 0.29) is 12.3 Å². The molecule has 0 unspecified atom stereocenters. The van der Waals surface area contributed by atoms with Crippen LogP contribution in [0, 0.1) is 0 Å². The Morgan fingerprint density at radius 2 is 2.15 bits per heavy atom. The van der Waals surface area contributed by atoms with Gasteiger partial charge >= 0.3 is 0 Å². The quantitative estimate of drug-likeness (QED) is 0.851. The van der Waals surface area contributed by atoms with Crippen LogP contribution in [0.3, 0.4) is 0 Å². The van der Waals surface area contributed by atoms with E-state index in [1.165, 1.54) is 0 Å². The Morgan fingerprint density at radius 1 is 1.45 bits per heavy atom. The molecule has 20 heavy (non-hydrogen) atoms. The van der Waals surface area contributed by atoms with Gasteiger partial charge in [-0.1, -0.05) is 11.8 Å². The van der Waals surface area contributed by atoms with E-state index >= 15 is 0 Å². The highest BCUT2D eigenvalue weighted by molar-refractivity contribution is 8.15. The molecule has 1 saturated heterocycles. The lowest BCUT2D eigenvalue weighted by Crippen LogP contribution is -2.31. The first kappa shape index (κ1) is 14.4. The summed E-state index contributed by atoms with van der Waals surface area (Å²) in [5.74, 6) is -0.863. The summed E-state index contributed by atoms with van der Waals surface area (Å²) in [6.45, 7) is 2.49. The number of amides is 1. The van der Waals surface area contributed by atoms with E-state index < -0.39 is 11.2 Å². The fourth-order valence-corrected chi connectivity index (χ4v) is 2.62. The van der Waals surface area contributed by atoms with E-state index in [1.54, 1.807) is 24.3 Å². The lowest BCUT2D eigenvalue weighted by atomic mass is 10.3. The fourth-order valence-electron chi connectivity index (χ4n) is 1.64. The number of rotatable bonds is 5. The maximum absolute atomic E-state index is 11.5. The Hall–Kier alpha value is -2.02. The molecule has 7 heteroatoms. The van der Waals surface area contributed by atoms with Crippen molar-refractivity contribution in [2.75, 3.05) is 6.61 Å². The van der Waals surface area contributed by atoms with Crippen LogP contribution in [0.15, 0.2) is 29.3 Å². The second-order valence-corrected chi connectivity index (χ2v) is 5.21. The summed E-state index contributed by atoms with van der Waals surface area (Å²) < 4.78 is 5.31. The minimum absolute atomic E-state index is 0.321. The van der Waals surface area contributed by atoms with E-state index in [9.17, 15) is 14.7 Å². The largest absolute Gasteiger partial charge is 0.550 e. The Bertz CT molecular complexity index is 542. The molecule has 1 aromatic rings. The second-order valence-electron chi connectivity index (χ2n) is 4.02. The molecule has 2 rings (SSSR count). The zero-order chi connectivity index (χ0) is 14.5. The molecule has 0 bridgehead atoms. The standard InChI is InChI=1S/C13H14N2O4S/c1-2-19-9-5-3-8(4-6-9)14-13-15-12(18)10(20-13)7-11(16)17/h3-6,10H,2,7H2,1H3,(H,16,17)(H,14,15,18)/p-1/t10-/m0/s1. The van der Waals surface area contributed by atoms with Crippen LogP contribution in [0.2, 0.25) is 0 Å². The summed E-state index contributed by atoms with van der Waals surface area (Å²) in [6.07, 6.45) is -0.321. The van der Waals surface area contributed by atoms with Gasteiger partial charge in [0.25, 0.3) is 0 Å². The van der Waals surface area contributed by atoms with Crippen molar-refractivity contribution < 1.29 is 19.4 Å². The number of carboxylic acid groups (broad SMARTS) is 1. The van der Waals surface area contributed by atoms with E-state index in [1.807, 2.05) is 6.92 Å². The molecule has 1 N–H and O–H groups in total. The van der Waals surface area contributed by atoms with Gasteiger partial charge < -0.3 is 20.0 Å². The molecule has 1 atom stereocenters. The Balaban J connectivity index is 2.04. The smallest absolute Gasteiger partial charge is 0.239 e. The summed E-state index contributed by atoms with van der Waals surface area (Å²) in [7, 11) is 0. The first-order valence-corrected chi connectivity index (χ1v) is 6.95. The van der Waals surface area contributed by atoms with Gasteiger partial charge in [0.05, 0.1) is 17.5 Å². The van der Waals surface area contributed by atoms with Gasteiger partial charge in [0, 0.05) is 12.4 Å². The third-order valence-electron chi connectivity index (χ3n) is 2.51. The molecule has 0 spiro atoms. The van der Waals surface area contributed by atoms with Crippen LogP contribution in [-0.2, 0) is 9.59 Å². The topological polar surface area (TPSA) is 90.8 Å². The van der Waals surface area contributed by atoms with Crippen LogP contribution in [0.1, 0.15) is 13.3 Å². The van der Waals surface area contributed by atoms with Gasteiger partial charge in [0.2, 0.25) is 5.91 Å². The summed E-state index contributed by atoms with van der Waals surface area (Å²) in [5, 5.41) is 12.8. The summed E-state index contributed by atoms with van der Waals surface area (Å²) in [5.41, 5.74) is 0.658. The number of hydrogen-bond donors (Lipinski definition) is 1. The number of hydrogen-bond acceptors (Lipinski definition) is 6. The van der Waals surface area contributed by atoms with Crippen molar-refractivity contribution >= 4 is 34.5 Å². The van der Waals surface area contributed by atoms with Gasteiger partial charge in [-0.15, -0.1) is 0 Å². The molecule has 6 nitrogen and oxygen atoms in total. The number of nitrogens with one attached hydrogen (secondary N) is 1. The highest BCUT2D eigenvalue weighted by Crippen LogP contribution is 2.25. The molecule has 0 radical (unpaired) electrons. The van der Waals surface area contributed by atoms with Gasteiger partial charge in [0.15, 0.2) is 5.17 Å².